The van der Waals surface area contributed by atoms with Gasteiger partial charge in [-0.05, 0) is 171 Å². The van der Waals surface area contributed by atoms with Crippen LogP contribution in [0.25, 0.3) is 87.3 Å². The molecule has 0 bridgehead atoms. The van der Waals surface area contributed by atoms with Crippen molar-refractivity contribution in [2.45, 2.75) is 83.1 Å². The molecule has 0 N–H and O–H groups in total. The van der Waals surface area contributed by atoms with Crippen LogP contribution in [0.1, 0.15) is 78.7 Å². The summed E-state index contributed by atoms with van der Waals surface area (Å²) in [4.78, 5) is 19.3. The molecule has 0 radical (unpaired) electrons. The number of pyridine rings is 3. The summed E-state index contributed by atoms with van der Waals surface area (Å²) in [5, 5.41) is 29.6. The third-order valence-corrected chi connectivity index (χ3v) is 13.4. The van der Waals surface area contributed by atoms with Gasteiger partial charge in [0, 0.05) is 66.5 Å². The van der Waals surface area contributed by atoms with Crippen LogP contribution in [0, 0.1) is 112 Å². The Hall–Kier alpha value is -7.80. The molecule has 6 heterocycles. The van der Waals surface area contributed by atoms with Crippen LogP contribution >= 0.6 is 0 Å². The van der Waals surface area contributed by atoms with Gasteiger partial charge in [-0.3, -0.25) is 15.0 Å². The average molecular weight is 820 g/mol. The highest BCUT2D eigenvalue weighted by Gasteiger charge is 2.34. The molecular weight excluding hydrogens is 775 g/mol. The Morgan fingerprint density at radius 2 is 0.698 bits per heavy atom. The lowest BCUT2D eigenvalue weighted by atomic mass is 9.99. The third kappa shape index (κ3) is 5.35. The fourth-order valence-electron chi connectivity index (χ4n) is 10.3. The first-order valence-electron chi connectivity index (χ1n) is 21.2. The maximum atomic E-state index is 11.9. The van der Waals surface area contributed by atoms with E-state index in [2.05, 4.69) is 121 Å². The second-order valence-electron chi connectivity index (χ2n) is 17.6. The Kier molecular flexibility index (Phi) is 8.49. The standard InChI is InChI=1S/C54H45N9/c1-25-14-37-42(17-28(25)4)61(45-20-31(7)58-34(10)48(37)45)52-40(23-55)53(62-43-18-29(5)26(2)15-38(43)49-35(11)59-32(8)21-46(49)62)51(57-13)54(41(52)24-56)63-44-19-30(6)27(3)16-39(44)50-36(12)60-33(9)22-47(50)63/h14-22H,1-12H3. The molecule has 9 nitrogen and oxygen atoms in total. The number of hydrogen-bond donors (Lipinski definition) is 0. The predicted octanol–water partition coefficient (Wildman–Crippen LogP) is 13.2. The van der Waals surface area contributed by atoms with Crippen LogP contribution in [0.2, 0.25) is 0 Å². The fourth-order valence-corrected chi connectivity index (χ4v) is 10.3. The lowest BCUT2D eigenvalue weighted by Gasteiger charge is -2.24. The molecule has 63 heavy (non-hydrogen) atoms. The summed E-state index contributed by atoms with van der Waals surface area (Å²) in [6, 6.07) is 24.5. The van der Waals surface area contributed by atoms with E-state index in [0.717, 1.165) is 133 Å². The maximum absolute atomic E-state index is 11.9. The molecule has 0 aliphatic carbocycles. The zero-order chi connectivity index (χ0) is 44.7. The summed E-state index contributed by atoms with van der Waals surface area (Å²) >= 11 is 0. The van der Waals surface area contributed by atoms with Crippen molar-refractivity contribution in [2.24, 2.45) is 0 Å². The van der Waals surface area contributed by atoms with Crippen LogP contribution in [0.3, 0.4) is 0 Å². The zero-order valence-electron chi connectivity index (χ0n) is 37.7. The van der Waals surface area contributed by atoms with Crippen LogP contribution < -0.4 is 0 Å². The second-order valence-corrected chi connectivity index (χ2v) is 17.6. The number of aryl methyl sites for hydroxylation is 12. The van der Waals surface area contributed by atoms with E-state index >= 15 is 0 Å². The quantitative estimate of drug-likeness (QED) is 0.165. The maximum Gasteiger partial charge on any atom is 0.236 e. The normalized spacial score (nSPS) is 11.8. The van der Waals surface area contributed by atoms with Crippen LogP contribution in [0.15, 0.2) is 54.6 Å². The predicted molar refractivity (Wildman–Crippen MR) is 255 cm³/mol. The minimum atomic E-state index is 0.196. The highest BCUT2D eigenvalue weighted by Crippen LogP contribution is 2.50. The van der Waals surface area contributed by atoms with Gasteiger partial charge in [-0.25, -0.2) is 4.85 Å². The van der Waals surface area contributed by atoms with E-state index in [1.165, 1.54) is 0 Å². The van der Waals surface area contributed by atoms with Crippen molar-refractivity contribution in [2.75, 3.05) is 0 Å². The summed E-state index contributed by atoms with van der Waals surface area (Å²) in [6.07, 6.45) is 0. The molecule has 0 fully saturated rings. The smallest absolute Gasteiger partial charge is 0.236 e. The first-order valence-corrected chi connectivity index (χ1v) is 21.2. The summed E-state index contributed by atoms with van der Waals surface area (Å²) in [5.74, 6) is 0. The minimum absolute atomic E-state index is 0.196. The fraction of sp³-hybridized carbons (Fsp3) is 0.222. The number of nitrogens with zero attached hydrogens (tertiary/aromatic N) is 9. The van der Waals surface area contributed by atoms with Gasteiger partial charge in [-0.2, -0.15) is 10.5 Å². The Labute approximate surface area is 365 Å². The molecular formula is C54H45N9. The largest absolute Gasteiger partial charge is 0.317 e. The van der Waals surface area contributed by atoms with E-state index in [9.17, 15) is 17.1 Å². The summed E-state index contributed by atoms with van der Waals surface area (Å²) in [7, 11) is 0. The van der Waals surface area contributed by atoms with Gasteiger partial charge in [0.15, 0.2) is 0 Å². The first kappa shape index (κ1) is 39.3. The molecule has 0 amide bonds. The highest BCUT2D eigenvalue weighted by atomic mass is 15.1. The molecule has 0 unspecified atom stereocenters. The SMILES string of the molecule is [C-]#[N+]c1c(-n2c3cc(C)c(C)cc3c3c(C)nc(C)cc32)c(C#N)c(-n2c3cc(C)c(C)cc3c3c(C)nc(C)cc32)c(C#N)c1-n1c2cc(C)c(C)cc2c2c(C)nc(C)cc21. The van der Waals surface area contributed by atoms with Gasteiger partial charge in [-0.15, -0.1) is 0 Å². The van der Waals surface area contributed by atoms with E-state index in [1.807, 2.05) is 47.6 Å². The van der Waals surface area contributed by atoms with Crippen LogP contribution in [-0.4, -0.2) is 28.7 Å². The van der Waals surface area contributed by atoms with Gasteiger partial charge in [0.05, 0.1) is 67.9 Å². The topological polar surface area (TPSA) is 105 Å². The summed E-state index contributed by atoms with van der Waals surface area (Å²) in [5.41, 5.74) is 18.5. The molecule has 0 saturated heterocycles. The van der Waals surface area contributed by atoms with Crippen molar-refractivity contribution in [1.29, 1.82) is 10.5 Å². The zero-order valence-corrected chi connectivity index (χ0v) is 37.7. The van der Waals surface area contributed by atoms with Gasteiger partial charge in [-0.1, -0.05) is 0 Å². The van der Waals surface area contributed by atoms with Crippen LogP contribution in [-0.2, 0) is 0 Å². The Morgan fingerprint density at radius 3 is 0.984 bits per heavy atom. The van der Waals surface area contributed by atoms with Crippen molar-refractivity contribution < 1.29 is 0 Å². The Bertz CT molecular complexity index is 3480. The van der Waals surface area contributed by atoms with Crippen molar-refractivity contribution in [3.8, 4) is 29.2 Å². The third-order valence-electron chi connectivity index (χ3n) is 13.4. The van der Waals surface area contributed by atoms with Crippen LogP contribution in [0.5, 0.6) is 0 Å². The van der Waals surface area contributed by atoms with Gasteiger partial charge in [0.25, 0.3) is 0 Å². The number of fused-ring (bicyclic) bond motifs is 9. The number of rotatable bonds is 3. The minimum Gasteiger partial charge on any atom is -0.317 e. The van der Waals surface area contributed by atoms with Crippen molar-refractivity contribution in [3.05, 3.63) is 145 Å². The van der Waals surface area contributed by atoms with E-state index in [0.29, 0.717) is 17.1 Å². The molecule has 6 aromatic heterocycles. The molecule has 0 aliphatic rings. The molecule has 10 rings (SSSR count). The van der Waals surface area contributed by atoms with Gasteiger partial charge < -0.3 is 13.7 Å². The Morgan fingerprint density at radius 1 is 0.413 bits per heavy atom. The number of benzene rings is 4. The highest BCUT2D eigenvalue weighted by molar-refractivity contribution is 6.16. The summed E-state index contributed by atoms with van der Waals surface area (Å²) in [6.45, 7) is 33.9. The summed E-state index contributed by atoms with van der Waals surface area (Å²) < 4.78 is 6.29. The van der Waals surface area contributed by atoms with E-state index in [-0.39, 0.29) is 16.8 Å². The lowest BCUT2D eigenvalue weighted by Crippen LogP contribution is -2.12. The lowest BCUT2D eigenvalue weighted by molar-refractivity contribution is 1.07. The molecule has 306 valence electrons. The molecule has 0 aliphatic heterocycles. The van der Waals surface area contributed by atoms with E-state index in [1.54, 1.807) is 0 Å². The number of hydrogen-bond acceptors (Lipinski definition) is 5. The molecule has 4 aromatic carbocycles. The van der Waals surface area contributed by atoms with Crippen LogP contribution in [0.4, 0.5) is 5.69 Å². The number of aromatic nitrogens is 6. The second kappa shape index (κ2) is 13.6. The molecule has 0 atom stereocenters. The average Bonchev–Trinajstić information content (AvgIpc) is 3.81. The van der Waals surface area contributed by atoms with Gasteiger partial charge in [0.2, 0.25) is 5.69 Å². The molecule has 0 saturated carbocycles. The molecule has 9 heteroatoms. The first-order chi connectivity index (χ1) is 30.1. The van der Waals surface area contributed by atoms with Gasteiger partial charge >= 0.3 is 0 Å². The van der Waals surface area contributed by atoms with Gasteiger partial charge in [0.1, 0.15) is 12.1 Å². The molecule has 10 aromatic rings. The van der Waals surface area contributed by atoms with E-state index < -0.39 is 0 Å². The monoisotopic (exact) mass is 819 g/mol. The van der Waals surface area contributed by atoms with Crippen molar-refractivity contribution in [3.63, 3.8) is 0 Å². The van der Waals surface area contributed by atoms with Crippen molar-refractivity contribution in [1.82, 2.24) is 28.7 Å². The Balaban J connectivity index is 1.58. The van der Waals surface area contributed by atoms with E-state index in [4.69, 9.17) is 15.0 Å². The number of nitriles is 2. The molecule has 0 spiro atoms. The van der Waals surface area contributed by atoms with Crippen molar-refractivity contribution >= 4 is 71.1 Å².